The number of aryl methyl sites for hydroxylation is 1. The normalized spacial score (nSPS) is 17.1. The Bertz CT molecular complexity index is 2090. The van der Waals surface area contributed by atoms with Gasteiger partial charge in [0.1, 0.15) is 35.4 Å². The van der Waals surface area contributed by atoms with Gasteiger partial charge in [-0.05, 0) is 114 Å². The Morgan fingerprint density at radius 3 is 2.45 bits per heavy atom. The summed E-state index contributed by atoms with van der Waals surface area (Å²) in [6.07, 6.45) is 3.54. The van der Waals surface area contributed by atoms with Gasteiger partial charge in [0.2, 0.25) is 5.88 Å². The Morgan fingerprint density at radius 2 is 1.75 bits per heavy atom. The molecule has 1 atom stereocenters. The molecule has 4 aromatic rings. The van der Waals surface area contributed by atoms with Crippen LogP contribution in [0.2, 0.25) is 0 Å². The van der Waals surface area contributed by atoms with Crippen LogP contribution in [0.25, 0.3) is 10.8 Å². The number of hydrogen-bond acceptors (Lipinski definition) is 9. The minimum absolute atomic E-state index is 0.0585. The summed E-state index contributed by atoms with van der Waals surface area (Å²) in [6.45, 7) is 12.6. The monoisotopic (exact) mass is 696 g/mol. The number of aromatic nitrogens is 2. The molecule has 1 unspecified atom stereocenters. The summed E-state index contributed by atoms with van der Waals surface area (Å²) in [5, 5.41) is 6.74. The molecular formula is C38H41FN6O6. The van der Waals surface area contributed by atoms with Crippen LogP contribution in [0.5, 0.6) is 5.88 Å². The zero-order chi connectivity index (χ0) is 36.4. The molecule has 1 saturated carbocycles. The van der Waals surface area contributed by atoms with E-state index in [-0.39, 0.29) is 29.6 Å². The molecule has 2 aromatic carbocycles. The van der Waals surface area contributed by atoms with Crippen LogP contribution in [0.15, 0.2) is 48.8 Å². The van der Waals surface area contributed by atoms with Gasteiger partial charge >= 0.3 is 12.2 Å². The second-order valence-electron chi connectivity index (χ2n) is 15.2. The summed E-state index contributed by atoms with van der Waals surface area (Å²) in [5.41, 5.74) is 1.62. The maximum absolute atomic E-state index is 16.9. The minimum atomic E-state index is -1.01. The largest absolute Gasteiger partial charge is 0.474 e. The summed E-state index contributed by atoms with van der Waals surface area (Å²) in [4.78, 5) is 52.0. The molecule has 51 heavy (non-hydrogen) atoms. The van der Waals surface area contributed by atoms with Crippen molar-refractivity contribution in [3.63, 3.8) is 0 Å². The molecule has 12 nitrogen and oxygen atoms in total. The number of nitrogens with one attached hydrogen (secondary N) is 2. The fraction of sp³-hybridized carbons (Fsp3) is 0.395. The fourth-order valence-electron chi connectivity index (χ4n) is 6.45. The van der Waals surface area contributed by atoms with Crippen LogP contribution >= 0.6 is 0 Å². The lowest BCUT2D eigenvalue weighted by Crippen LogP contribution is -2.44. The Hall–Kier alpha value is -5.46. The molecule has 0 saturated heterocycles. The predicted molar refractivity (Wildman–Crippen MR) is 190 cm³/mol. The topological polar surface area (TPSA) is 135 Å². The van der Waals surface area contributed by atoms with E-state index >= 15 is 4.39 Å². The molecular weight excluding hydrogens is 655 g/mol. The number of ether oxygens (including phenoxy) is 3. The summed E-state index contributed by atoms with van der Waals surface area (Å²) in [5.74, 6) is -0.0621. The Balaban J connectivity index is 1.31. The van der Waals surface area contributed by atoms with Gasteiger partial charge in [0.25, 0.3) is 5.91 Å². The molecule has 0 radical (unpaired) electrons. The van der Waals surface area contributed by atoms with Crippen LogP contribution in [-0.4, -0.2) is 56.8 Å². The SMILES string of the molecule is Cc1ccnc2c1N(C(=O)OC(C)(C)C)C(c1cc3cc(Nc4ccc5c(c4)CN(C4CC4)C5=O)ncc3c(NC(=O)OC(C)(C)C)c1F)CO2. The molecule has 7 rings (SSSR count). The number of carbonyl (C=O) groups excluding carboxylic acids is 3. The number of amides is 3. The molecule has 1 aliphatic carbocycles. The molecule has 13 heteroatoms. The zero-order valence-electron chi connectivity index (χ0n) is 29.7. The number of nitrogens with zero attached hydrogens (tertiary/aromatic N) is 4. The number of carbonyl (C=O) groups is 3. The standard InChI is InChI=1S/C38H41FN6O6/c1-20-12-13-40-33-32(20)45(36(48)51-38(5,6)7)28(19-49-33)26-15-21-16-29(41-17-27(21)31(30(26)39)43-35(47)50-37(2,3)4)42-23-8-11-25-22(14-23)18-44(34(25)46)24-9-10-24/h8,11-17,24,28H,9-10,18-19H2,1-7H3,(H,41,42)(H,43,47). The molecule has 266 valence electrons. The van der Waals surface area contributed by atoms with E-state index in [1.54, 1.807) is 72.9 Å². The smallest absolute Gasteiger partial charge is 0.415 e. The van der Waals surface area contributed by atoms with Crippen LogP contribution in [0, 0.1) is 12.7 Å². The highest BCUT2D eigenvalue weighted by atomic mass is 19.1. The van der Waals surface area contributed by atoms with Gasteiger partial charge in [-0.3, -0.25) is 15.0 Å². The van der Waals surface area contributed by atoms with Gasteiger partial charge in [0, 0.05) is 47.2 Å². The summed E-state index contributed by atoms with van der Waals surface area (Å²) in [7, 11) is 0. The summed E-state index contributed by atoms with van der Waals surface area (Å²) >= 11 is 0. The average Bonchev–Trinajstić information content (AvgIpc) is 3.83. The summed E-state index contributed by atoms with van der Waals surface area (Å²) < 4.78 is 34.3. The van der Waals surface area contributed by atoms with Gasteiger partial charge in [0.05, 0.1) is 5.69 Å². The Labute approximate surface area is 295 Å². The molecule has 0 spiro atoms. The van der Waals surface area contributed by atoms with Gasteiger partial charge in [-0.1, -0.05) is 0 Å². The van der Waals surface area contributed by atoms with Gasteiger partial charge < -0.3 is 24.4 Å². The number of benzene rings is 2. The van der Waals surface area contributed by atoms with Gasteiger partial charge in [0.15, 0.2) is 5.82 Å². The van der Waals surface area contributed by atoms with Crippen molar-refractivity contribution in [1.29, 1.82) is 0 Å². The van der Waals surface area contributed by atoms with Crippen molar-refractivity contribution in [2.75, 3.05) is 22.1 Å². The molecule has 2 N–H and O–H groups in total. The number of halogens is 1. The highest BCUT2D eigenvalue weighted by Gasteiger charge is 2.41. The quantitative estimate of drug-likeness (QED) is 0.212. The van der Waals surface area contributed by atoms with E-state index in [1.165, 1.54) is 11.1 Å². The average molecular weight is 697 g/mol. The van der Waals surface area contributed by atoms with Crippen LogP contribution in [0.1, 0.15) is 87.5 Å². The van der Waals surface area contributed by atoms with Crippen molar-refractivity contribution < 1.29 is 33.0 Å². The van der Waals surface area contributed by atoms with E-state index in [9.17, 15) is 14.4 Å². The first kappa shape index (κ1) is 34.0. The third kappa shape index (κ3) is 6.84. The number of hydrogen-bond donors (Lipinski definition) is 2. The third-order valence-corrected chi connectivity index (χ3v) is 8.78. The van der Waals surface area contributed by atoms with Crippen LogP contribution in [-0.2, 0) is 16.0 Å². The Kier molecular flexibility index (Phi) is 8.26. The molecule has 3 aliphatic rings. The highest BCUT2D eigenvalue weighted by molar-refractivity contribution is 6.02. The molecule has 1 fully saturated rings. The van der Waals surface area contributed by atoms with Crippen molar-refractivity contribution in [3.8, 4) is 5.88 Å². The molecule has 4 heterocycles. The number of pyridine rings is 2. The van der Waals surface area contributed by atoms with Crippen LogP contribution in [0.4, 0.5) is 36.9 Å². The molecule has 2 aromatic heterocycles. The predicted octanol–water partition coefficient (Wildman–Crippen LogP) is 8.16. The van der Waals surface area contributed by atoms with Gasteiger partial charge in [-0.25, -0.2) is 23.9 Å². The number of fused-ring (bicyclic) bond motifs is 3. The van der Waals surface area contributed by atoms with E-state index in [0.29, 0.717) is 46.0 Å². The highest BCUT2D eigenvalue weighted by Crippen LogP contribution is 2.44. The second kappa shape index (κ2) is 12.4. The first-order valence-corrected chi connectivity index (χ1v) is 17.0. The molecule has 3 amide bonds. The first-order valence-electron chi connectivity index (χ1n) is 17.0. The fourth-order valence-corrected chi connectivity index (χ4v) is 6.45. The lowest BCUT2D eigenvalue weighted by atomic mass is 9.97. The van der Waals surface area contributed by atoms with Crippen molar-refractivity contribution >= 4 is 51.7 Å². The van der Waals surface area contributed by atoms with E-state index in [2.05, 4.69) is 20.6 Å². The second-order valence-corrected chi connectivity index (χ2v) is 15.2. The van der Waals surface area contributed by atoms with Crippen molar-refractivity contribution in [3.05, 3.63) is 76.9 Å². The summed E-state index contributed by atoms with van der Waals surface area (Å²) in [6, 6.07) is 9.99. The maximum atomic E-state index is 16.9. The molecule has 0 bridgehead atoms. The number of anilines is 4. The van der Waals surface area contributed by atoms with Crippen LogP contribution in [0.3, 0.4) is 0 Å². The lowest BCUT2D eigenvalue weighted by Gasteiger charge is -2.38. The Morgan fingerprint density at radius 1 is 1.00 bits per heavy atom. The lowest BCUT2D eigenvalue weighted by molar-refractivity contribution is 0.0537. The van der Waals surface area contributed by atoms with Crippen molar-refractivity contribution in [2.24, 2.45) is 0 Å². The van der Waals surface area contributed by atoms with E-state index in [4.69, 9.17) is 14.2 Å². The third-order valence-electron chi connectivity index (χ3n) is 8.78. The van der Waals surface area contributed by atoms with Crippen molar-refractivity contribution in [1.82, 2.24) is 14.9 Å². The maximum Gasteiger partial charge on any atom is 0.415 e. The van der Waals surface area contributed by atoms with Crippen LogP contribution < -0.4 is 20.3 Å². The zero-order valence-corrected chi connectivity index (χ0v) is 29.7. The first-order chi connectivity index (χ1) is 24.1. The minimum Gasteiger partial charge on any atom is -0.474 e. The van der Waals surface area contributed by atoms with E-state index < -0.39 is 35.2 Å². The van der Waals surface area contributed by atoms with Gasteiger partial charge in [-0.15, -0.1) is 0 Å². The van der Waals surface area contributed by atoms with Gasteiger partial charge in [-0.2, -0.15) is 0 Å². The number of rotatable bonds is 5. The van der Waals surface area contributed by atoms with E-state index in [0.717, 1.165) is 24.1 Å². The van der Waals surface area contributed by atoms with E-state index in [1.807, 2.05) is 23.1 Å². The molecule has 2 aliphatic heterocycles. The van der Waals surface area contributed by atoms with Crippen molar-refractivity contribution in [2.45, 2.75) is 91.1 Å².